The molecule has 110 valence electrons. The Morgan fingerprint density at radius 2 is 2.15 bits per heavy atom. The Labute approximate surface area is 122 Å². The molecular formula is C14H20N2O3S. The van der Waals surface area contributed by atoms with E-state index >= 15 is 0 Å². The van der Waals surface area contributed by atoms with E-state index in [1.54, 1.807) is 24.3 Å². The van der Waals surface area contributed by atoms with Crippen molar-refractivity contribution in [2.24, 2.45) is 0 Å². The van der Waals surface area contributed by atoms with Crippen LogP contribution in [0.25, 0.3) is 0 Å². The highest BCUT2D eigenvalue weighted by molar-refractivity contribution is 7.84. The summed E-state index contributed by atoms with van der Waals surface area (Å²) in [4.78, 5) is 0. The summed E-state index contributed by atoms with van der Waals surface area (Å²) >= 11 is 0. The van der Waals surface area contributed by atoms with Crippen molar-refractivity contribution in [1.82, 2.24) is 5.32 Å². The van der Waals surface area contributed by atoms with Crippen LogP contribution in [0.1, 0.15) is 12.5 Å². The topological polar surface area (TPSA) is 82.3 Å². The van der Waals surface area contributed by atoms with Crippen LogP contribution in [0.3, 0.4) is 0 Å². The van der Waals surface area contributed by atoms with Gasteiger partial charge in [-0.25, -0.2) is 0 Å². The van der Waals surface area contributed by atoms with Crippen LogP contribution in [0.4, 0.5) is 0 Å². The van der Waals surface area contributed by atoms with Crippen molar-refractivity contribution in [3.05, 3.63) is 29.8 Å². The Morgan fingerprint density at radius 1 is 1.45 bits per heavy atom. The molecule has 0 aliphatic carbocycles. The van der Waals surface area contributed by atoms with Crippen LogP contribution >= 0.6 is 0 Å². The summed E-state index contributed by atoms with van der Waals surface area (Å²) in [5.74, 6) is 1.88. The normalized spacial score (nSPS) is 13.4. The zero-order valence-corrected chi connectivity index (χ0v) is 12.4. The van der Waals surface area contributed by atoms with E-state index in [9.17, 15) is 9.32 Å². The molecule has 0 spiro atoms. The maximum absolute atomic E-state index is 11.2. The smallest absolute Gasteiger partial charge is 0.119 e. The zero-order valence-electron chi connectivity index (χ0n) is 11.5. The second-order valence-electron chi connectivity index (χ2n) is 4.24. The number of aliphatic hydroxyl groups excluding tert-OH is 1. The third-order valence-corrected chi connectivity index (χ3v) is 3.94. The zero-order chi connectivity index (χ0) is 14.8. The molecule has 0 radical (unpaired) electrons. The van der Waals surface area contributed by atoms with E-state index in [-0.39, 0.29) is 6.61 Å². The minimum absolute atomic E-state index is 0.176. The summed E-state index contributed by atoms with van der Waals surface area (Å²) in [7, 11) is -0.780. The van der Waals surface area contributed by atoms with Crippen molar-refractivity contribution >= 4 is 10.8 Å². The molecule has 0 aromatic heterocycles. The molecule has 1 aromatic rings. The van der Waals surface area contributed by atoms with Crippen molar-refractivity contribution in [2.45, 2.75) is 13.0 Å². The molecular weight excluding hydrogens is 276 g/mol. The van der Waals surface area contributed by atoms with E-state index in [4.69, 9.17) is 10.00 Å². The van der Waals surface area contributed by atoms with Gasteiger partial charge in [0.15, 0.2) is 0 Å². The fraction of sp³-hybridized carbons (Fsp3) is 0.500. The lowest BCUT2D eigenvalue weighted by Gasteiger charge is -2.13. The summed E-state index contributed by atoms with van der Waals surface area (Å²) in [6.45, 7) is 3.08. The van der Waals surface area contributed by atoms with Crippen molar-refractivity contribution in [1.29, 1.82) is 5.26 Å². The van der Waals surface area contributed by atoms with Gasteiger partial charge in [-0.1, -0.05) is 6.92 Å². The van der Waals surface area contributed by atoms with Gasteiger partial charge in [0.25, 0.3) is 0 Å². The summed E-state index contributed by atoms with van der Waals surface area (Å²) in [6.07, 6.45) is -0.624. The fourth-order valence-corrected chi connectivity index (χ4v) is 2.14. The minimum Gasteiger partial charge on any atom is -0.491 e. The third kappa shape index (κ3) is 6.66. The van der Waals surface area contributed by atoms with E-state index in [2.05, 4.69) is 5.32 Å². The molecule has 20 heavy (non-hydrogen) atoms. The van der Waals surface area contributed by atoms with Gasteiger partial charge >= 0.3 is 0 Å². The number of nitrogens with one attached hydrogen (secondary N) is 1. The van der Waals surface area contributed by atoms with Crippen molar-refractivity contribution in [3.63, 3.8) is 0 Å². The number of ether oxygens (including phenoxy) is 1. The number of nitrogens with zero attached hydrogens (tertiary/aromatic N) is 1. The molecule has 0 aliphatic heterocycles. The molecule has 0 amide bonds. The maximum Gasteiger partial charge on any atom is 0.119 e. The Balaban J connectivity index is 2.17. The van der Waals surface area contributed by atoms with E-state index in [1.165, 1.54) is 0 Å². The molecule has 6 heteroatoms. The Hall–Kier alpha value is -1.42. The lowest BCUT2D eigenvalue weighted by atomic mass is 10.2. The van der Waals surface area contributed by atoms with Crippen LogP contribution < -0.4 is 10.1 Å². The molecule has 2 unspecified atom stereocenters. The van der Waals surface area contributed by atoms with Gasteiger partial charge in [0, 0.05) is 35.4 Å². The van der Waals surface area contributed by atoms with Crippen LogP contribution in [0.5, 0.6) is 5.75 Å². The van der Waals surface area contributed by atoms with E-state index < -0.39 is 16.9 Å². The monoisotopic (exact) mass is 296 g/mol. The molecule has 2 N–H and O–H groups in total. The predicted octanol–water partition coefficient (Wildman–Crippen LogP) is 0.656. The predicted molar refractivity (Wildman–Crippen MR) is 79.1 cm³/mol. The van der Waals surface area contributed by atoms with Gasteiger partial charge in [0.1, 0.15) is 18.5 Å². The number of hydrogen-bond acceptors (Lipinski definition) is 5. The maximum atomic E-state index is 11.2. The van der Waals surface area contributed by atoms with Gasteiger partial charge in [0.2, 0.25) is 0 Å². The fourth-order valence-electron chi connectivity index (χ4n) is 1.48. The number of benzene rings is 1. The molecule has 0 bridgehead atoms. The highest BCUT2D eigenvalue weighted by Crippen LogP contribution is 2.11. The van der Waals surface area contributed by atoms with Gasteiger partial charge in [0.05, 0.1) is 11.6 Å². The summed E-state index contributed by atoms with van der Waals surface area (Å²) in [5.41, 5.74) is 0.573. The summed E-state index contributed by atoms with van der Waals surface area (Å²) in [6, 6.07) is 8.76. The first-order chi connectivity index (χ1) is 9.65. The summed E-state index contributed by atoms with van der Waals surface area (Å²) in [5, 5.41) is 21.4. The van der Waals surface area contributed by atoms with Crippen molar-refractivity contribution in [2.75, 3.05) is 31.2 Å². The molecule has 1 rings (SSSR count). The van der Waals surface area contributed by atoms with Crippen LogP contribution in [0, 0.1) is 11.3 Å². The molecule has 0 aliphatic rings. The number of rotatable bonds is 9. The molecule has 1 aromatic carbocycles. The van der Waals surface area contributed by atoms with Crippen LogP contribution in [-0.4, -0.2) is 46.6 Å². The molecule has 0 saturated carbocycles. The molecule has 0 fully saturated rings. The average Bonchev–Trinajstić information content (AvgIpc) is 2.49. The second-order valence-corrected chi connectivity index (χ2v) is 6.10. The molecule has 0 saturated heterocycles. The van der Waals surface area contributed by atoms with Crippen LogP contribution in [0.2, 0.25) is 0 Å². The summed E-state index contributed by atoms with van der Waals surface area (Å²) < 4.78 is 16.6. The Bertz CT molecular complexity index is 456. The molecule has 5 nitrogen and oxygen atoms in total. The van der Waals surface area contributed by atoms with E-state index in [0.717, 1.165) is 0 Å². The first-order valence-electron chi connectivity index (χ1n) is 6.52. The van der Waals surface area contributed by atoms with Crippen molar-refractivity contribution in [3.8, 4) is 11.8 Å². The quantitative estimate of drug-likeness (QED) is 0.654. The number of aliphatic hydroxyl groups is 1. The SMILES string of the molecule is CCS(=O)CCNCC(O)COc1ccc(C#N)cc1. The average molecular weight is 296 g/mol. The highest BCUT2D eigenvalue weighted by atomic mass is 32.2. The minimum atomic E-state index is -0.780. The van der Waals surface area contributed by atoms with Gasteiger partial charge in [-0.3, -0.25) is 4.21 Å². The Kier molecular flexibility index (Phi) is 7.88. The van der Waals surface area contributed by atoms with Gasteiger partial charge in [-0.05, 0) is 24.3 Å². The lowest BCUT2D eigenvalue weighted by Crippen LogP contribution is -2.33. The van der Waals surface area contributed by atoms with E-state index in [1.807, 2.05) is 13.0 Å². The van der Waals surface area contributed by atoms with Crippen LogP contribution in [0.15, 0.2) is 24.3 Å². The van der Waals surface area contributed by atoms with Gasteiger partial charge in [-0.15, -0.1) is 0 Å². The van der Waals surface area contributed by atoms with Crippen LogP contribution in [-0.2, 0) is 10.8 Å². The third-order valence-electron chi connectivity index (χ3n) is 2.63. The Morgan fingerprint density at radius 3 is 2.75 bits per heavy atom. The highest BCUT2D eigenvalue weighted by Gasteiger charge is 2.05. The van der Waals surface area contributed by atoms with E-state index in [0.29, 0.717) is 35.9 Å². The number of nitriles is 1. The second kappa shape index (κ2) is 9.48. The first kappa shape index (κ1) is 16.6. The molecule has 2 atom stereocenters. The standard InChI is InChI=1S/C14H20N2O3S/c1-2-20(18)8-7-16-10-13(17)11-19-14-5-3-12(9-15)4-6-14/h3-6,13,16-17H,2,7-8,10-11H2,1H3. The van der Waals surface area contributed by atoms with Crippen molar-refractivity contribution < 1.29 is 14.1 Å². The molecule has 0 heterocycles. The van der Waals surface area contributed by atoms with Gasteiger partial charge < -0.3 is 15.2 Å². The largest absolute Gasteiger partial charge is 0.491 e. The number of hydrogen-bond donors (Lipinski definition) is 2. The lowest BCUT2D eigenvalue weighted by molar-refractivity contribution is 0.107. The first-order valence-corrected chi connectivity index (χ1v) is 8.01. The van der Waals surface area contributed by atoms with Gasteiger partial charge in [-0.2, -0.15) is 5.26 Å².